The second kappa shape index (κ2) is 5.47. The van der Waals surface area contributed by atoms with Crippen LogP contribution in [0.25, 0.3) is 10.2 Å². The summed E-state index contributed by atoms with van der Waals surface area (Å²) < 4.78 is 0.889. The Balaban J connectivity index is 1.97. The largest absolute Gasteiger partial charge is 0.321 e. The quantitative estimate of drug-likeness (QED) is 0.736. The summed E-state index contributed by atoms with van der Waals surface area (Å²) in [4.78, 5) is 16.7. The van der Waals surface area contributed by atoms with Gasteiger partial charge in [0, 0.05) is 5.56 Å². The maximum atomic E-state index is 12.4. The predicted octanol–water partition coefficient (Wildman–Crippen LogP) is 4.82. The molecule has 0 atom stereocenters. The van der Waals surface area contributed by atoms with Crippen LogP contribution in [0.1, 0.15) is 21.5 Å². The summed E-state index contributed by atoms with van der Waals surface area (Å²) in [6, 6.07) is 9.34. The molecule has 1 N–H and O–H groups in total. The molecule has 0 radical (unpaired) electrons. The van der Waals surface area contributed by atoms with Gasteiger partial charge in [-0.15, -0.1) is 11.3 Å². The van der Waals surface area contributed by atoms with E-state index in [0.29, 0.717) is 10.6 Å². The van der Waals surface area contributed by atoms with Crippen LogP contribution in [0.5, 0.6) is 0 Å². The zero-order chi connectivity index (χ0) is 15.0. The summed E-state index contributed by atoms with van der Waals surface area (Å²) in [6.07, 6.45) is 0. The van der Waals surface area contributed by atoms with E-state index < -0.39 is 0 Å². The first-order valence-electron chi connectivity index (χ1n) is 6.46. The van der Waals surface area contributed by atoms with Crippen molar-refractivity contribution in [3.63, 3.8) is 0 Å². The first-order chi connectivity index (χ1) is 10.1. The summed E-state index contributed by atoms with van der Waals surface area (Å²) >= 11 is 7.56. The first-order valence-corrected chi connectivity index (χ1v) is 7.72. The Labute approximate surface area is 131 Å². The zero-order valence-electron chi connectivity index (χ0n) is 11.6. The van der Waals surface area contributed by atoms with E-state index in [2.05, 4.69) is 10.3 Å². The van der Waals surface area contributed by atoms with Crippen molar-refractivity contribution in [1.29, 1.82) is 0 Å². The smallest absolute Gasteiger partial charge is 0.255 e. The van der Waals surface area contributed by atoms with E-state index in [1.165, 1.54) is 11.3 Å². The number of carbonyl (C=O) groups excluding carboxylic acids is 1. The predicted molar refractivity (Wildman–Crippen MR) is 88.5 cm³/mol. The third kappa shape index (κ3) is 2.64. The second-order valence-electron chi connectivity index (χ2n) is 4.90. The lowest BCUT2D eigenvalue weighted by atomic mass is 10.1. The molecule has 0 aliphatic carbocycles. The Morgan fingerprint density at radius 2 is 2.05 bits per heavy atom. The fraction of sp³-hybridized carbons (Fsp3) is 0.125. The fourth-order valence-electron chi connectivity index (χ4n) is 2.27. The van der Waals surface area contributed by atoms with Gasteiger partial charge in [-0.2, -0.15) is 0 Å². The summed E-state index contributed by atoms with van der Waals surface area (Å²) in [6.45, 7) is 3.95. The second-order valence-corrected chi connectivity index (χ2v) is 6.16. The van der Waals surface area contributed by atoms with Crippen LogP contribution in [0.4, 0.5) is 5.69 Å². The molecule has 0 fully saturated rings. The molecular weight excluding hydrogens is 304 g/mol. The molecule has 3 nitrogen and oxygen atoms in total. The molecule has 0 aliphatic rings. The van der Waals surface area contributed by atoms with Crippen molar-refractivity contribution < 1.29 is 4.79 Å². The maximum absolute atomic E-state index is 12.4. The van der Waals surface area contributed by atoms with Crippen molar-refractivity contribution in [2.75, 3.05) is 5.32 Å². The van der Waals surface area contributed by atoms with E-state index >= 15 is 0 Å². The number of aryl methyl sites for hydroxylation is 2. The molecule has 0 saturated carbocycles. The van der Waals surface area contributed by atoms with Crippen LogP contribution in [0, 0.1) is 13.8 Å². The third-order valence-electron chi connectivity index (χ3n) is 3.31. The van der Waals surface area contributed by atoms with Crippen molar-refractivity contribution >= 4 is 44.7 Å². The molecule has 0 spiro atoms. The zero-order valence-corrected chi connectivity index (χ0v) is 13.2. The maximum Gasteiger partial charge on any atom is 0.255 e. The van der Waals surface area contributed by atoms with Crippen LogP contribution in [0.3, 0.4) is 0 Å². The molecule has 1 heterocycles. The number of anilines is 1. The Bertz CT molecular complexity index is 841. The van der Waals surface area contributed by atoms with Crippen LogP contribution in [-0.2, 0) is 0 Å². The monoisotopic (exact) mass is 316 g/mol. The normalized spacial score (nSPS) is 10.8. The van der Waals surface area contributed by atoms with Crippen LogP contribution < -0.4 is 5.32 Å². The number of rotatable bonds is 2. The average molecular weight is 317 g/mol. The standard InChI is InChI=1S/C16H13ClN2OS/c1-9-3-4-11(10(2)7-9)16(20)19-13-6-5-12(17)14-15(13)21-8-18-14/h3-8H,1-2H3,(H,19,20). The number of aromatic nitrogens is 1. The van der Waals surface area contributed by atoms with Gasteiger partial charge in [0.25, 0.3) is 5.91 Å². The molecule has 0 aliphatic heterocycles. The van der Waals surface area contributed by atoms with Gasteiger partial charge in [-0.25, -0.2) is 4.98 Å². The van der Waals surface area contributed by atoms with Gasteiger partial charge in [-0.05, 0) is 37.6 Å². The third-order valence-corrected chi connectivity index (χ3v) is 4.47. The number of halogens is 1. The molecule has 0 unspecified atom stereocenters. The van der Waals surface area contributed by atoms with E-state index in [0.717, 1.165) is 27.0 Å². The van der Waals surface area contributed by atoms with Gasteiger partial charge < -0.3 is 5.32 Å². The number of benzene rings is 2. The number of hydrogen-bond donors (Lipinski definition) is 1. The molecular formula is C16H13ClN2OS. The molecule has 1 aromatic heterocycles. The molecule has 2 aromatic carbocycles. The van der Waals surface area contributed by atoms with Crippen LogP contribution >= 0.6 is 22.9 Å². The number of fused-ring (bicyclic) bond motifs is 1. The van der Waals surface area contributed by atoms with E-state index in [4.69, 9.17) is 11.6 Å². The van der Waals surface area contributed by atoms with E-state index in [9.17, 15) is 4.79 Å². The average Bonchev–Trinajstić information content (AvgIpc) is 2.92. The first kappa shape index (κ1) is 14.0. The Morgan fingerprint density at radius 3 is 2.81 bits per heavy atom. The molecule has 5 heteroatoms. The highest BCUT2D eigenvalue weighted by atomic mass is 35.5. The molecule has 3 aromatic rings. The van der Waals surface area contributed by atoms with Crippen LogP contribution in [0.2, 0.25) is 5.02 Å². The Kier molecular flexibility index (Phi) is 3.66. The van der Waals surface area contributed by atoms with Gasteiger partial charge >= 0.3 is 0 Å². The summed E-state index contributed by atoms with van der Waals surface area (Å²) in [5, 5.41) is 3.54. The van der Waals surface area contributed by atoms with Gasteiger partial charge in [0.05, 0.1) is 20.9 Å². The fourth-order valence-corrected chi connectivity index (χ4v) is 3.32. The van der Waals surface area contributed by atoms with Crippen LogP contribution in [0.15, 0.2) is 35.8 Å². The molecule has 0 bridgehead atoms. The van der Waals surface area contributed by atoms with Crippen molar-refractivity contribution in [1.82, 2.24) is 4.98 Å². The highest BCUT2D eigenvalue weighted by Crippen LogP contribution is 2.32. The minimum absolute atomic E-state index is 0.121. The molecule has 3 rings (SSSR count). The van der Waals surface area contributed by atoms with Gasteiger partial charge in [0.1, 0.15) is 5.52 Å². The molecule has 106 valence electrons. The summed E-state index contributed by atoms with van der Waals surface area (Å²) in [7, 11) is 0. The molecule has 0 saturated heterocycles. The summed E-state index contributed by atoms with van der Waals surface area (Å²) in [5.41, 5.74) is 5.96. The number of amides is 1. The minimum Gasteiger partial charge on any atom is -0.321 e. The van der Waals surface area contributed by atoms with Gasteiger partial charge in [-0.3, -0.25) is 4.79 Å². The number of carbonyl (C=O) groups is 1. The number of nitrogens with one attached hydrogen (secondary N) is 1. The lowest BCUT2D eigenvalue weighted by Crippen LogP contribution is -2.13. The minimum atomic E-state index is -0.121. The van der Waals surface area contributed by atoms with Crippen molar-refractivity contribution in [2.45, 2.75) is 13.8 Å². The van der Waals surface area contributed by atoms with E-state index in [1.54, 1.807) is 11.6 Å². The van der Waals surface area contributed by atoms with Crippen molar-refractivity contribution in [2.24, 2.45) is 0 Å². The van der Waals surface area contributed by atoms with Gasteiger partial charge in [0.2, 0.25) is 0 Å². The van der Waals surface area contributed by atoms with Crippen LogP contribution in [-0.4, -0.2) is 10.9 Å². The lowest BCUT2D eigenvalue weighted by Gasteiger charge is -2.09. The van der Waals surface area contributed by atoms with Crippen molar-refractivity contribution in [3.05, 3.63) is 57.6 Å². The lowest BCUT2D eigenvalue weighted by molar-refractivity contribution is 0.102. The molecule has 1 amide bonds. The topological polar surface area (TPSA) is 42.0 Å². The highest BCUT2D eigenvalue weighted by molar-refractivity contribution is 7.17. The van der Waals surface area contributed by atoms with Crippen molar-refractivity contribution in [3.8, 4) is 0 Å². The highest BCUT2D eigenvalue weighted by Gasteiger charge is 2.13. The van der Waals surface area contributed by atoms with Gasteiger partial charge in [0.15, 0.2) is 0 Å². The number of nitrogens with zero attached hydrogens (tertiary/aromatic N) is 1. The Morgan fingerprint density at radius 1 is 1.24 bits per heavy atom. The molecule has 21 heavy (non-hydrogen) atoms. The number of hydrogen-bond acceptors (Lipinski definition) is 3. The summed E-state index contributed by atoms with van der Waals surface area (Å²) in [5.74, 6) is -0.121. The van der Waals surface area contributed by atoms with E-state index in [1.807, 2.05) is 38.1 Å². The van der Waals surface area contributed by atoms with Gasteiger partial charge in [-0.1, -0.05) is 29.3 Å². The van der Waals surface area contributed by atoms with E-state index in [-0.39, 0.29) is 5.91 Å². The SMILES string of the molecule is Cc1ccc(C(=O)Nc2ccc(Cl)c3ncsc23)c(C)c1. The Hall–Kier alpha value is -1.91. The number of thiazole rings is 1.